The number of halogens is 1. The minimum Gasteiger partial charge on any atom is -0.356 e. The number of nitrogens with zero attached hydrogens (tertiary/aromatic N) is 3. The molecule has 1 aliphatic carbocycles. The van der Waals surface area contributed by atoms with Gasteiger partial charge in [-0.3, -0.25) is 4.99 Å². The van der Waals surface area contributed by atoms with Crippen LogP contribution in [-0.4, -0.2) is 43.0 Å². The van der Waals surface area contributed by atoms with E-state index in [1.165, 1.54) is 35.6 Å². The van der Waals surface area contributed by atoms with Crippen LogP contribution in [0, 0.1) is 11.8 Å². The zero-order valence-corrected chi connectivity index (χ0v) is 18.7. The van der Waals surface area contributed by atoms with Crippen LogP contribution < -0.4 is 5.32 Å². The highest BCUT2D eigenvalue weighted by Gasteiger charge is 2.20. The lowest BCUT2D eigenvalue weighted by Gasteiger charge is -2.31. The number of thiazole rings is 1. The third-order valence-corrected chi connectivity index (χ3v) is 6.01. The van der Waals surface area contributed by atoms with Gasteiger partial charge in [0.2, 0.25) is 0 Å². The van der Waals surface area contributed by atoms with Crippen LogP contribution in [0.25, 0.3) is 0 Å². The van der Waals surface area contributed by atoms with Gasteiger partial charge in [-0.05, 0) is 31.1 Å². The summed E-state index contributed by atoms with van der Waals surface area (Å²) in [7, 11) is 4.03. The first-order valence-electron chi connectivity index (χ1n) is 8.97. The normalized spacial score (nSPS) is 21.2. The molecule has 0 amide bonds. The molecular formula is C18H33IN4S. The maximum absolute atomic E-state index is 4.48. The van der Waals surface area contributed by atoms with E-state index in [1.807, 2.05) is 24.6 Å². The summed E-state index contributed by atoms with van der Waals surface area (Å²) in [5.74, 6) is 2.75. The van der Waals surface area contributed by atoms with Crippen molar-refractivity contribution >= 4 is 41.3 Å². The second-order valence-electron chi connectivity index (χ2n) is 6.80. The second kappa shape index (κ2) is 11.3. The van der Waals surface area contributed by atoms with Crippen LogP contribution in [0.5, 0.6) is 0 Å². The van der Waals surface area contributed by atoms with Gasteiger partial charge in [-0.2, -0.15) is 0 Å². The van der Waals surface area contributed by atoms with Gasteiger partial charge in [0, 0.05) is 44.7 Å². The topological polar surface area (TPSA) is 40.5 Å². The molecule has 138 valence electrons. The molecule has 1 aromatic heterocycles. The van der Waals surface area contributed by atoms with Crippen molar-refractivity contribution in [1.82, 2.24) is 15.2 Å². The van der Waals surface area contributed by atoms with Crippen LogP contribution in [0.2, 0.25) is 0 Å². The van der Waals surface area contributed by atoms with Gasteiger partial charge < -0.3 is 10.2 Å². The van der Waals surface area contributed by atoms with E-state index in [9.17, 15) is 0 Å². The SMILES string of the molecule is CCc1cnc(CCNC(=NC)N(C)CC2CCC(C)CC2)s1.I. The number of hydrogen-bond donors (Lipinski definition) is 1. The van der Waals surface area contributed by atoms with E-state index in [1.54, 1.807) is 0 Å². The van der Waals surface area contributed by atoms with Crippen LogP contribution in [0.1, 0.15) is 49.4 Å². The summed E-state index contributed by atoms with van der Waals surface area (Å²) >= 11 is 1.82. The standard InChI is InChI=1S/C18H32N4S.HI/c1-5-16-12-21-17(23-16)10-11-20-18(19-3)22(4)13-15-8-6-14(2)7-9-15;/h12,14-15H,5-11,13H2,1-4H3,(H,19,20);1H. The highest BCUT2D eigenvalue weighted by atomic mass is 127. The van der Waals surface area contributed by atoms with E-state index in [0.29, 0.717) is 0 Å². The fourth-order valence-electron chi connectivity index (χ4n) is 3.28. The average molecular weight is 464 g/mol. The summed E-state index contributed by atoms with van der Waals surface area (Å²) in [6.45, 7) is 6.57. The summed E-state index contributed by atoms with van der Waals surface area (Å²) < 4.78 is 0. The third kappa shape index (κ3) is 6.86. The molecule has 0 spiro atoms. The largest absolute Gasteiger partial charge is 0.356 e. The van der Waals surface area contributed by atoms with Crippen LogP contribution in [0.15, 0.2) is 11.2 Å². The maximum atomic E-state index is 4.48. The predicted molar refractivity (Wildman–Crippen MR) is 116 cm³/mol. The smallest absolute Gasteiger partial charge is 0.193 e. The molecule has 6 heteroatoms. The van der Waals surface area contributed by atoms with Crippen molar-refractivity contribution in [1.29, 1.82) is 0 Å². The Balaban J connectivity index is 0.00000288. The van der Waals surface area contributed by atoms with Crippen molar-refractivity contribution in [2.45, 2.75) is 52.4 Å². The highest BCUT2D eigenvalue weighted by molar-refractivity contribution is 14.0. The minimum absolute atomic E-state index is 0. The van der Waals surface area contributed by atoms with Crippen LogP contribution in [0.3, 0.4) is 0 Å². The van der Waals surface area contributed by atoms with Gasteiger partial charge >= 0.3 is 0 Å². The first-order chi connectivity index (χ1) is 11.1. The van der Waals surface area contributed by atoms with E-state index in [0.717, 1.165) is 43.7 Å². The first-order valence-corrected chi connectivity index (χ1v) is 9.79. The fourth-order valence-corrected chi connectivity index (χ4v) is 4.14. The Labute approximate surface area is 168 Å². The first kappa shape index (κ1) is 21.7. The molecule has 0 aromatic carbocycles. The van der Waals surface area contributed by atoms with Gasteiger partial charge in [-0.15, -0.1) is 35.3 Å². The van der Waals surface area contributed by atoms with Crippen molar-refractivity contribution in [3.05, 3.63) is 16.1 Å². The molecule has 1 aromatic rings. The van der Waals surface area contributed by atoms with Gasteiger partial charge in [0.05, 0.1) is 5.01 Å². The van der Waals surface area contributed by atoms with Gasteiger partial charge in [-0.1, -0.05) is 26.7 Å². The van der Waals surface area contributed by atoms with Crippen LogP contribution in [-0.2, 0) is 12.8 Å². The Kier molecular flexibility index (Phi) is 10.2. The summed E-state index contributed by atoms with van der Waals surface area (Å²) in [6, 6.07) is 0. The molecule has 0 aliphatic heterocycles. The van der Waals surface area contributed by atoms with Crippen molar-refractivity contribution in [2.24, 2.45) is 16.8 Å². The number of guanidine groups is 1. The lowest BCUT2D eigenvalue weighted by molar-refractivity contribution is 0.250. The summed E-state index contributed by atoms with van der Waals surface area (Å²) in [4.78, 5) is 12.6. The Morgan fingerprint density at radius 1 is 1.38 bits per heavy atom. The molecule has 2 rings (SSSR count). The minimum atomic E-state index is 0. The molecule has 1 N–H and O–H groups in total. The molecule has 0 unspecified atom stereocenters. The molecule has 1 fully saturated rings. The third-order valence-electron chi connectivity index (χ3n) is 4.81. The summed E-state index contributed by atoms with van der Waals surface area (Å²) in [5.41, 5.74) is 0. The van der Waals surface area contributed by atoms with E-state index in [4.69, 9.17) is 0 Å². The quantitative estimate of drug-likeness (QED) is 0.390. The Hall–Kier alpha value is -0.370. The van der Waals surface area contributed by atoms with E-state index in [-0.39, 0.29) is 24.0 Å². The molecule has 1 aliphatic rings. The predicted octanol–water partition coefficient (Wildman–Crippen LogP) is 4.20. The molecular weight excluding hydrogens is 431 g/mol. The van der Waals surface area contributed by atoms with Crippen molar-refractivity contribution < 1.29 is 0 Å². The van der Waals surface area contributed by atoms with Gasteiger partial charge in [0.15, 0.2) is 5.96 Å². The maximum Gasteiger partial charge on any atom is 0.193 e. The van der Waals surface area contributed by atoms with Gasteiger partial charge in [-0.25, -0.2) is 4.98 Å². The number of aryl methyl sites for hydroxylation is 1. The van der Waals surface area contributed by atoms with Crippen molar-refractivity contribution in [3.8, 4) is 0 Å². The van der Waals surface area contributed by atoms with Crippen molar-refractivity contribution in [2.75, 3.05) is 27.2 Å². The zero-order chi connectivity index (χ0) is 16.7. The Bertz CT molecular complexity index is 495. The lowest BCUT2D eigenvalue weighted by Crippen LogP contribution is -2.42. The lowest BCUT2D eigenvalue weighted by atomic mass is 9.83. The Morgan fingerprint density at radius 3 is 2.67 bits per heavy atom. The van der Waals surface area contributed by atoms with Crippen LogP contribution in [0.4, 0.5) is 0 Å². The molecule has 24 heavy (non-hydrogen) atoms. The molecule has 0 bridgehead atoms. The molecule has 0 atom stereocenters. The van der Waals surface area contributed by atoms with Crippen molar-refractivity contribution in [3.63, 3.8) is 0 Å². The average Bonchev–Trinajstić information content (AvgIpc) is 3.01. The van der Waals surface area contributed by atoms with E-state index < -0.39 is 0 Å². The molecule has 1 heterocycles. The Morgan fingerprint density at radius 2 is 2.08 bits per heavy atom. The molecule has 0 saturated heterocycles. The second-order valence-corrected chi connectivity index (χ2v) is 8.00. The van der Waals surface area contributed by atoms with E-state index >= 15 is 0 Å². The highest BCUT2D eigenvalue weighted by Crippen LogP contribution is 2.28. The summed E-state index contributed by atoms with van der Waals surface area (Å²) in [6.07, 6.45) is 9.55. The van der Waals surface area contributed by atoms with Gasteiger partial charge in [0.1, 0.15) is 0 Å². The molecule has 0 radical (unpaired) electrons. The fraction of sp³-hybridized carbons (Fsp3) is 0.778. The van der Waals surface area contributed by atoms with E-state index in [2.05, 4.69) is 41.1 Å². The number of nitrogens with one attached hydrogen (secondary N) is 1. The molecule has 1 saturated carbocycles. The van der Waals surface area contributed by atoms with Gasteiger partial charge in [0.25, 0.3) is 0 Å². The molecule has 4 nitrogen and oxygen atoms in total. The number of rotatable bonds is 6. The van der Waals surface area contributed by atoms with Crippen LogP contribution >= 0.6 is 35.3 Å². The zero-order valence-electron chi connectivity index (χ0n) is 15.5. The number of aromatic nitrogens is 1. The number of aliphatic imine (C=N–C) groups is 1. The monoisotopic (exact) mass is 464 g/mol. The number of hydrogen-bond acceptors (Lipinski definition) is 3. The summed E-state index contributed by atoms with van der Waals surface area (Å²) in [5, 5.41) is 4.70.